The molecule has 0 aromatic carbocycles. The van der Waals surface area contributed by atoms with E-state index in [1.54, 1.807) is 0 Å². The number of esters is 1. The molecule has 3 fully saturated rings. The van der Waals surface area contributed by atoms with Gasteiger partial charge in [0.1, 0.15) is 6.10 Å². The summed E-state index contributed by atoms with van der Waals surface area (Å²) in [5, 5.41) is 23.1. The number of carboxylic acids is 2. The van der Waals surface area contributed by atoms with Crippen molar-refractivity contribution in [2.75, 3.05) is 0 Å². The van der Waals surface area contributed by atoms with Crippen molar-refractivity contribution < 1.29 is 132 Å². The molecule has 6 nitrogen and oxygen atoms in total. The second-order valence-electron chi connectivity index (χ2n) is 15.9. The normalized spacial score (nSPS) is 43.3. The maximum Gasteiger partial charge on any atom is 1.00 e. The second kappa shape index (κ2) is 12.6. The van der Waals surface area contributed by atoms with Gasteiger partial charge in [-0.25, -0.2) is 0 Å². The number of carbonyl (C=O) groups is 3. The first-order chi connectivity index (χ1) is 18.4. The Morgan fingerprint density at radius 1 is 0.833 bits per heavy atom. The third kappa shape index (κ3) is 5.78. The Hall–Kier alpha value is 1.16. The number of allylic oxidation sites excluding steroid dienone is 4. The summed E-state index contributed by atoms with van der Waals surface area (Å²) in [7, 11) is 0. The van der Waals surface area contributed by atoms with Gasteiger partial charge in [-0.2, -0.15) is 0 Å². The fourth-order valence-electron chi connectivity index (χ4n) is 10.4. The Morgan fingerprint density at radius 3 is 2.10 bits per heavy atom. The number of hydrogen-bond acceptors (Lipinski definition) is 6. The number of rotatable bonds is 5. The number of carboxylic acid groups (broad SMARTS) is 2. The van der Waals surface area contributed by atoms with Crippen molar-refractivity contribution in [3.8, 4) is 0 Å². The second-order valence-corrected chi connectivity index (χ2v) is 15.9. The van der Waals surface area contributed by atoms with Gasteiger partial charge < -0.3 is 24.5 Å². The maximum absolute atomic E-state index is 12.5. The average Bonchev–Trinajstić information content (AvgIpc) is 2.87. The smallest absolute Gasteiger partial charge is 0.550 e. The van der Waals surface area contributed by atoms with E-state index in [-0.39, 0.29) is 149 Å². The largest absolute Gasteiger partial charge is 1.00 e. The zero-order valence-electron chi connectivity index (χ0n) is 27.6. The van der Waals surface area contributed by atoms with Gasteiger partial charge >= 0.3 is 109 Å². The van der Waals surface area contributed by atoms with Gasteiger partial charge in [0.2, 0.25) is 0 Å². The summed E-state index contributed by atoms with van der Waals surface area (Å²) in [6.07, 6.45) is 12.3. The van der Waals surface area contributed by atoms with Gasteiger partial charge in [0, 0.05) is 22.8 Å². The number of carbonyl (C=O) groups excluding carboxylic acids is 3. The van der Waals surface area contributed by atoms with Crippen LogP contribution in [0.1, 0.15) is 119 Å². The Balaban J connectivity index is 0.00000242. The van der Waals surface area contributed by atoms with E-state index in [1.165, 1.54) is 11.1 Å². The quantitative estimate of drug-likeness (QED) is 0.282. The molecule has 8 atom stereocenters. The van der Waals surface area contributed by atoms with Gasteiger partial charge in [-0.1, -0.05) is 60.6 Å². The molecule has 0 heterocycles. The molecule has 42 heavy (non-hydrogen) atoms. The summed E-state index contributed by atoms with van der Waals surface area (Å²) in [6.45, 7) is 16.0. The Kier molecular flexibility index (Phi) is 11.3. The minimum absolute atomic E-state index is 0. The molecular weight excluding hydrogens is 583 g/mol. The molecule has 5 rings (SSSR count). The van der Waals surface area contributed by atoms with Crippen molar-refractivity contribution in [1.82, 2.24) is 0 Å². The van der Waals surface area contributed by atoms with E-state index in [0.717, 1.165) is 44.9 Å². The summed E-state index contributed by atoms with van der Waals surface area (Å²) in [5.41, 5.74) is 1.95. The number of ether oxygens (including phenoxy) is 1. The molecular formula is C34H48K2O6. The van der Waals surface area contributed by atoms with Crippen LogP contribution in [0.2, 0.25) is 0 Å². The molecule has 3 saturated carbocycles. The minimum Gasteiger partial charge on any atom is -0.550 e. The van der Waals surface area contributed by atoms with Crippen LogP contribution in [-0.2, 0) is 19.1 Å². The van der Waals surface area contributed by atoms with E-state index in [4.69, 9.17) is 4.74 Å². The summed E-state index contributed by atoms with van der Waals surface area (Å²) < 4.78 is 5.89. The average molecular weight is 631 g/mol. The standard InChI is InChI=1S/C34H50O6.2K/c1-29(2)23-9-8-22-21(32(23,5)14-13-25(29)40-27(37)11-10-26(35)36)12-15-34(7)24-20-31(4,28(38)39)17-16-30(24,3)18-19-33(22,34)6;;/h8,12,23-25H,9-11,13-20H2,1-7H3,(H,35,36)(H,38,39);;/q;2*+1/p-2/t23-,24+,25-,30+,31+,32+,33+,34-;;/m0../s1. The van der Waals surface area contributed by atoms with Crippen molar-refractivity contribution >= 4 is 17.9 Å². The SMILES string of the molecule is CC1(C)[C@@H](OC(=O)CCC(=O)[O-])CC[C@]2(C)C3=CC[C@@]4(C)[C@@H]5C[C@](C)(C(=O)[O-])CC[C@]5(C)CC[C@]4(C)C3=CC[C@@H]12.[K+].[K+]. The van der Waals surface area contributed by atoms with Gasteiger partial charge in [-0.05, 0) is 109 Å². The summed E-state index contributed by atoms with van der Waals surface area (Å²) in [6, 6.07) is 0. The molecule has 0 aliphatic heterocycles. The van der Waals surface area contributed by atoms with Crippen molar-refractivity contribution in [3.63, 3.8) is 0 Å². The van der Waals surface area contributed by atoms with Gasteiger partial charge in [0.15, 0.2) is 0 Å². The third-order valence-corrected chi connectivity index (χ3v) is 13.5. The van der Waals surface area contributed by atoms with Crippen LogP contribution in [0.4, 0.5) is 0 Å². The molecule has 0 aromatic rings. The fourth-order valence-corrected chi connectivity index (χ4v) is 10.4. The molecule has 0 amide bonds. The predicted molar refractivity (Wildman–Crippen MR) is 148 cm³/mol. The molecule has 5 aliphatic carbocycles. The van der Waals surface area contributed by atoms with Crippen molar-refractivity contribution in [1.29, 1.82) is 0 Å². The maximum atomic E-state index is 12.5. The molecule has 0 saturated heterocycles. The zero-order chi connectivity index (χ0) is 29.5. The minimum atomic E-state index is -1.23. The number of fused-ring (bicyclic) bond motifs is 7. The van der Waals surface area contributed by atoms with Gasteiger partial charge in [0.25, 0.3) is 0 Å². The van der Waals surface area contributed by atoms with Crippen molar-refractivity contribution in [3.05, 3.63) is 23.3 Å². The van der Waals surface area contributed by atoms with Crippen LogP contribution < -0.4 is 113 Å². The monoisotopic (exact) mass is 630 g/mol. The van der Waals surface area contributed by atoms with Crippen LogP contribution in [0, 0.1) is 44.3 Å². The molecule has 8 heteroatoms. The van der Waals surface area contributed by atoms with E-state index < -0.39 is 23.3 Å². The molecule has 0 N–H and O–H groups in total. The van der Waals surface area contributed by atoms with E-state index in [2.05, 4.69) is 53.7 Å². The first kappa shape index (κ1) is 37.6. The molecule has 0 aromatic heterocycles. The third-order valence-electron chi connectivity index (χ3n) is 13.5. The van der Waals surface area contributed by atoms with Gasteiger partial charge in [-0.15, -0.1) is 0 Å². The molecule has 222 valence electrons. The first-order valence-electron chi connectivity index (χ1n) is 15.5. The Bertz CT molecular complexity index is 1190. The fraction of sp³-hybridized carbons (Fsp3) is 0.794. The van der Waals surface area contributed by atoms with Crippen LogP contribution in [0.5, 0.6) is 0 Å². The zero-order valence-corrected chi connectivity index (χ0v) is 33.9. The summed E-state index contributed by atoms with van der Waals surface area (Å²) in [5.74, 6) is -1.99. The van der Waals surface area contributed by atoms with Crippen LogP contribution in [0.25, 0.3) is 0 Å². The molecule has 0 bridgehead atoms. The predicted octanol–water partition coefficient (Wildman–Crippen LogP) is -1.09. The van der Waals surface area contributed by atoms with Gasteiger partial charge in [-0.3, -0.25) is 4.79 Å². The Morgan fingerprint density at radius 2 is 1.48 bits per heavy atom. The van der Waals surface area contributed by atoms with Crippen LogP contribution in [0.15, 0.2) is 23.3 Å². The molecule has 0 radical (unpaired) electrons. The van der Waals surface area contributed by atoms with Crippen molar-refractivity contribution in [2.24, 2.45) is 44.3 Å². The van der Waals surface area contributed by atoms with Crippen molar-refractivity contribution in [2.45, 2.75) is 125 Å². The molecule has 5 aliphatic rings. The Labute approximate surface area is 337 Å². The van der Waals surface area contributed by atoms with Crippen LogP contribution in [-0.4, -0.2) is 24.0 Å². The number of aliphatic carboxylic acids is 2. The van der Waals surface area contributed by atoms with E-state index in [9.17, 15) is 24.6 Å². The van der Waals surface area contributed by atoms with E-state index in [1.807, 2.05) is 6.92 Å². The van der Waals surface area contributed by atoms with E-state index in [0.29, 0.717) is 24.7 Å². The number of hydrogen-bond donors (Lipinski definition) is 0. The summed E-state index contributed by atoms with van der Waals surface area (Å²) >= 11 is 0. The van der Waals surface area contributed by atoms with Crippen LogP contribution >= 0.6 is 0 Å². The molecule has 0 spiro atoms. The topological polar surface area (TPSA) is 107 Å². The first-order valence-corrected chi connectivity index (χ1v) is 15.5. The summed E-state index contributed by atoms with van der Waals surface area (Å²) in [4.78, 5) is 35.5. The molecule has 0 unspecified atom stereocenters. The van der Waals surface area contributed by atoms with Crippen LogP contribution in [0.3, 0.4) is 0 Å². The van der Waals surface area contributed by atoms with Gasteiger partial charge in [0.05, 0.1) is 6.42 Å². The van der Waals surface area contributed by atoms with E-state index >= 15 is 0 Å².